The van der Waals surface area contributed by atoms with Gasteiger partial charge in [0, 0.05) is 5.88 Å². The number of aromatic nitrogens is 4. The fourth-order valence-electron chi connectivity index (χ4n) is 3.41. The maximum absolute atomic E-state index is 12.0. The molecule has 0 saturated carbocycles. The highest BCUT2D eigenvalue weighted by Gasteiger charge is 2.46. The van der Waals surface area contributed by atoms with Gasteiger partial charge in [-0.2, -0.15) is 0 Å². The Balaban J connectivity index is 0.000000451. The van der Waals surface area contributed by atoms with E-state index in [1.165, 1.54) is 35.1 Å². The van der Waals surface area contributed by atoms with Crippen LogP contribution < -0.4 is 21.1 Å². The smallest absolute Gasteiger partial charge is 0.469 e. The first kappa shape index (κ1) is 26.4. The Hall–Kier alpha value is -1.90. The van der Waals surface area contributed by atoms with Crippen LogP contribution in [0, 0.1) is 0 Å². The lowest BCUT2D eigenvalue weighted by Gasteiger charge is -2.14. The van der Waals surface area contributed by atoms with Crippen molar-refractivity contribution in [1.82, 2.24) is 19.4 Å². The van der Waals surface area contributed by atoms with Crippen LogP contribution in [0.4, 0.5) is 5.95 Å². The fraction of sp³-hybridized carbons (Fsp3) is 0.706. The summed E-state index contributed by atoms with van der Waals surface area (Å²) in [6, 6.07) is -0.965. The van der Waals surface area contributed by atoms with Crippen molar-refractivity contribution in [3.8, 4) is 5.88 Å². The average Bonchev–Trinajstić information content (AvgIpc) is 3.18. The zero-order valence-corrected chi connectivity index (χ0v) is 19.4. The Morgan fingerprint density at radius 3 is 2.41 bits per heavy atom. The number of rotatable bonds is 7. The van der Waals surface area contributed by atoms with Crippen LogP contribution in [-0.4, -0.2) is 78.8 Å². The number of aliphatic hydroxyl groups excluding tert-OH is 1. The van der Waals surface area contributed by atoms with Gasteiger partial charge in [0.2, 0.25) is 6.23 Å². The number of phosphoric acid groups is 1. The number of fused-ring (bicyclic) bond motifs is 1. The molecule has 0 radical (unpaired) electrons. The van der Waals surface area contributed by atoms with Crippen molar-refractivity contribution in [1.29, 1.82) is 0 Å². The van der Waals surface area contributed by atoms with Crippen LogP contribution in [-0.2, 0) is 20.9 Å². The highest BCUT2D eigenvalue weighted by molar-refractivity contribution is 7.46. The lowest BCUT2D eigenvalue weighted by Crippen LogP contribution is -2.50. The summed E-state index contributed by atoms with van der Waals surface area (Å²) in [5, 5.41) is 22.1. The van der Waals surface area contributed by atoms with Crippen LogP contribution in [0.15, 0.2) is 6.33 Å². The largest absolute Gasteiger partial charge is 0.856 e. The number of aliphatic hydroxyl groups is 1. The van der Waals surface area contributed by atoms with E-state index in [1.54, 1.807) is 7.05 Å². The highest BCUT2D eigenvalue weighted by atomic mass is 31.2. The van der Waals surface area contributed by atoms with E-state index in [0.29, 0.717) is 0 Å². The van der Waals surface area contributed by atoms with Gasteiger partial charge in [0.25, 0.3) is 5.95 Å². The normalized spacial score (nSPS) is 23.5. The Labute approximate surface area is 185 Å². The molecule has 1 saturated heterocycles. The summed E-state index contributed by atoms with van der Waals surface area (Å²) in [5.41, 5.74) is 11.8. The standard InChI is InChI=1S/C11H17N6O7P.C6H15N/c1-16-3-17(8-6(16)9(19)15-11(13)14-8)10-5(12)7(18)4(24-10)2-23-25(20,21)22;1-4-7(5-2)6-3/h3-5,7,10,18H,2,12H2,1H3,(H4-,13,14,15,19,20,21,22);4-6H2,1-3H3/t4-,5-,7-,10-;/m1./s1. The first-order valence-electron chi connectivity index (χ1n) is 10.2. The molecule has 2 aromatic rings. The van der Waals surface area contributed by atoms with Crippen LogP contribution in [0.1, 0.15) is 27.0 Å². The number of hydrogen-bond donors (Lipinski definition) is 5. The van der Waals surface area contributed by atoms with Gasteiger partial charge in [-0.15, -0.1) is 0 Å². The summed E-state index contributed by atoms with van der Waals surface area (Å²) in [7, 11) is -3.14. The fourth-order valence-corrected chi connectivity index (χ4v) is 3.75. The minimum Gasteiger partial charge on any atom is -0.856 e. The predicted octanol–water partition coefficient (Wildman–Crippen LogP) is -2.05. The van der Waals surface area contributed by atoms with Crippen molar-refractivity contribution in [2.24, 2.45) is 12.8 Å². The van der Waals surface area contributed by atoms with Crippen LogP contribution >= 0.6 is 7.82 Å². The summed E-state index contributed by atoms with van der Waals surface area (Å²) in [5.74, 6) is -0.816. The predicted molar refractivity (Wildman–Crippen MR) is 112 cm³/mol. The molecular weight excluding hydrogens is 445 g/mol. The van der Waals surface area contributed by atoms with Gasteiger partial charge in [0.1, 0.15) is 12.2 Å². The third-order valence-electron chi connectivity index (χ3n) is 5.19. The van der Waals surface area contributed by atoms with E-state index in [9.17, 15) is 14.8 Å². The van der Waals surface area contributed by atoms with E-state index in [2.05, 4.69) is 40.2 Å². The Kier molecular flexibility index (Phi) is 8.90. The molecular formula is C17H32N7O7P. The molecule has 15 heteroatoms. The summed E-state index contributed by atoms with van der Waals surface area (Å²) in [4.78, 5) is 27.5. The number of nitrogens with zero attached hydrogens (tertiary/aromatic N) is 5. The van der Waals surface area contributed by atoms with E-state index in [4.69, 9.17) is 26.0 Å². The van der Waals surface area contributed by atoms with Crippen LogP contribution in [0.2, 0.25) is 0 Å². The lowest BCUT2D eigenvalue weighted by atomic mass is 10.1. The van der Waals surface area contributed by atoms with Crippen molar-refractivity contribution in [2.45, 2.75) is 45.2 Å². The van der Waals surface area contributed by atoms with Gasteiger partial charge in [0.05, 0.1) is 19.7 Å². The van der Waals surface area contributed by atoms with E-state index < -0.39 is 44.8 Å². The lowest BCUT2D eigenvalue weighted by molar-refractivity contribution is -0.740. The van der Waals surface area contributed by atoms with Gasteiger partial charge in [-0.25, -0.2) is 14.1 Å². The number of aryl methyl sites for hydroxylation is 1. The first-order chi connectivity index (χ1) is 14.9. The van der Waals surface area contributed by atoms with Gasteiger partial charge in [-0.1, -0.05) is 25.8 Å². The SMILES string of the molecule is CCN(CC)CC.Cn1c[n+]([C@@H]2O[C@H](COP(=O)(O)O)[C@@H](O)[C@H]2N)c2nc(N)nc([O-])c21. The number of phosphoric ester groups is 1. The molecule has 1 fully saturated rings. The molecule has 0 spiro atoms. The molecule has 2 aromatic heterocycles. The van der Waals surface area contributed by atoms with Crippen molar-refractivity contribution in [2.75, 3.05) is 32.0 Å². The molecule has 3 heterocycles. The second-order valence-corrected chi connectivity index (χ2v) is 8.47. The molecule has 7 N–H and O–H groups in total. The zero-order chi connectivity index (χ0) is 24.2. The topological polar surface area (TPSA) is 209 Å². The molecule has 182 valence electrons. The monoisotopic (exact) mass is 477 g/mol. The average molecular weight is 477 g/mol. The first-order valence-corrected chi connectivity index (χ1v) is 11.7. The van der Waals surface area contributed by atoms with E-state index in [-0.39, 0.29) is 17.1 Å². The zero-order valence-electron chi connectivity index (χ0n) is 18.5. The van der Waals surface area contributed by atoms with E-state index in [1.807, 2.05) is 0 Å². The summed E-state index contributed by atoms with van der Waals surface area (Å²) < 4.78 is 23.6. The maximum Gasteiger partial charge on any atom is 0.469 e. The number of nitrogen functional groups attached to an aromatic ring is 1. The van der Waals surface area contributed by atoms with Crippen LogP contribution in [0.3, 0.4) is 0 Å². The summed E-state index contributed by atoms with van der Waals surface area (Å²) >= 11 is 0. The van der Waals surface area contributed by atoms with Crippen molar-refractivity contribution >= 4 is 24.9 Å². The van der Waals surface area contributed by atoms with Crippen molar-refractivity contribution in [3.05, 3.63) is 6.33 Å². The van der Waals surface area contributed by atoms with Crippen molar-refractivity contribution < 1.29 is 38.4 Å². The number of ether oxygens (including phenoxy) is 1. The minimum atomic E-state index is -4.73. The molecule has 0 aromatic carbocycles. The highest BCUT2D eigenvalue weighted by Crippen LogP contribution is 2.37. The molecule has 0 bridgehead atoms. The number of anilines is 1. The molecule has 3 rings (SSSR count). The van der Waals surface area contributed by atoms with E-state index in [0.717, 1.165) is 0 Å². The molecule has 0 amide bonds. The summed E-state index contributed by atoms with van der Waals surface area (Å²) in [6.07, 6.45) is -1.83. The van der Waals surface area contributed by atoms with Gasteiger partial charge < -0.3 is 41.1 Å². The Bertz CT molecular complexity index is 943. The van der Waals surface area contributed by atoms with Gasteiger partial charge in [-0.05, 0) is 19.6 Å². The molecule has 14 nitrogen and oxygen atoms in total. The molecule has 0 aliphatic carbocycles. The molecule has 0 unspecified atom stereocenters. The number of hydrogen-bond acceptors (Lipinski definition) is 10. The summed E-state index contributed by atoms with van der Waals surface area (Å²) in [6.45, 7) is 9.56. The Morgan fingerprint density at radius 2 is 1.91 bits per heavy atom. The molecule has 1 aliphatic rings. The van der Waals surface area contributed by atoms with Crippen LogP contribution in [0.5, 0.6) is 5.88 Å². The molecule has 32 heavy (non-hydrogen) atoms. The number of nitrogens with two attached hydrogens (primary N) is 2. The molecule has 1 aliphatic heterocycles. The van der Waals surface area contributed by atoms with Crippen LogP contribution in [0.25, 0.3) is 11.2 Å². The van der Waals surface area contributed by atoms with Gasteiger partial charge >= 0.3 is 13.5 Å². The second kappa shape index (κ2) is 10.8. The quantitative estimate of drug-likeness (QED) is 0.216. The van der Waals surface area contributed by atoms with Gasteiger partial charge in [-0.3, -0.25) is 9.09 Å². The maximum atomic E-state index is 12.0. The second-order valence-electron chi connectivity index (χ2n) is 7.23. The van der Waals surface area contributed by atoms with E-state index >= 15 is 0 Å². The van der Waals surface area contributed by atoms with Gasteiger partial charge in [0.15, 0.2) is 11.8 Å². The third kappa shape index (κ3) is 6.11. The number of imidazole rings is 1. The minimum absolute atomic E-state index is 0.157. The molecule has 4 atom stereocenters. The van der Waals surface area contributed by atoms with Crippen molar-refractivity contribution in [3.63, 3.8) is 0 Å². The third-order valence-corrected chi connectivity index (χ3v) is 5.67. The Morgan fingerprint density at radius 1 is 1.31 bits per heavy atom.